The van der Waals surface area contributed by atoms with Crippen molar-refractivity contribution in [3.8, 4) is 0 Å². The van der Waals surface area contributed by atoms with Gasteiger partial charge in [0.1, 0.15) is 5.84 Å². The van der Waals surface area contributed by atoms with E-state index in [0.29, 0.717) is 23.7 Å². The summed E-state index contributed by atoms with van der Waals surface area (Å²) in [5.74, 6) is 1.18. The van der Waals surface area contributed by atoms with E-state index >= 15 is 0 Å². The summed E-state index contributed by atoms with van der Waals surface area (Å²) in [5, 5.41) is 4.53. The Labute approximate surface area is 214 Å². The lowest BCUT2D eigenvalue weighted by atomic mass is 9.97. The highest BCUT2D eigenvalue weighted by Gasteiger charge is 2.29. The fourth-order valence-electron chi connectivity index (χ4n) is 4.10. The number of amides is 2. The van der Waals surface area contributed by atoms with Gasteiger partial charge in [0.25, 0.3) is 0 Å². The van der Waals surface area contributed by atoms with Crippen molar-refractivity contribution in [2.75, 3.05) is 41.8 Å². The first-order valence-electron chi connectivity index (χ1n) is 11.4. The summed E-state index contributed by atoms with van der Waals surface area (Å²) in [6.07, 6.45) is 2.09. The van der Waals surface area contributed by atoms with Crippen molar-refractivity contribution in [1.29, 1.82) is 0 Å². The number of imide groups is 1. The van der Waals surface area contributed by atoms with Gasteiger partial charge in [-0.2, -0.15) is 5.10 Å². The number of aryl methyl sites for hydroxylation is 1. The first kappa shape index (κ1) is 25.7. The van der Waals surface area contributed by atoms with Crippen molar-refractivity contribution in [3.05, 3.63) is 59.2 Å². The van der Waals surface area contributed by atoms with Gasteiger partial charge in [-0.3, -0.25) is 14.5 Å². The fraction of sp³-hybridized carbons (Fsp3) is 0.333. The Kier molecular flexibility index (Phi) is 7.65. The number of thioether (sulfide) groups is 1. The highest BCUT2D eigenvalue weighted by atomic mass is 32.2. The molecule has 1 N–H and O–H groups in total. The number of anilines is 2. The van der Waals surface area contributed by atoms with Crippen LogP contribution in [-0.4, -0.2) is 68.5 Å². The molecule has 0 saturated carbocycles. The average molecular weight is 530 g/mol. The predicted octanol–water partition coefficient (Wildman–Crippen LogP) is 3.92. The van der Waals surface area contributed by atoms with E-state index in [1.165, 1.54) is 7.11 Å². The van der Waals surface area contributed by atoms with E-state index in [1.807, 2.05) is 31.2 Å². The van der Waals surface area contributed by atoms with Gasteiger partial charge in [-0.05, 0) is 67.3 Å². The maximum atomic E-state index is 12.0. The molecule has 0 radical (unpaired) electrons. The van der Waals surface area contributed by atoms with E-state index in [9.17, 15) is 18.0 Å². The molecule has 2 aromatic carbocycles. The van der Waals surface area contributed by atoms with Crippen molar-refractivity contribution >= 4 is 56.0 Å². The van der Waals surface area contributed by atoms with Gasteiger partial charge in [0, 0.05) is 35.8 Å². The quantitative estimate of drug-likeness (QED) is 0.460. The Morgan fingerprint density at radius 1 is 1.22 bits per heavy atom. The van der Waals surface area contributed by atoms with Crippen LogP contribution in [-0.2, 0) is 21.2 Å². The molecule has 10 nitrogen and oxygen atoms in total. The van der Waals surface area contributed by atoms with Crippen LogP contribution in [0.2, 0.25) is 0 Å². The highest BCUT2D eigenvalue weighted by Crippen LogP contribution is 2.31. The van der Waals surface area contributed by atoms with Gasteiger partial charge in [-0.25, -0.2) is 13.2 Å². The number of hydrazone groups is 1. The molecule has 0 spiro atoms. The summed E-state index contributed by atoms with van der Waals surface area (Å²) in [5.41, 5.74) is 4.99. The molecule has 0 fully saturated rings. The number of carbonyl (C=O) groups excluding carboxylic acids is 2. The molecule has 190 valence electrons. The van der Waals surface area contributed by atoms with Crippen molar-refractivity contribution in [2.45, 2.75) is 19.8 Å². The normalized spacial score (nSPS) is 16.4. The standard InChI is InChI=1S/C24H27N5O5S2/c1-4-25-22(16-7-10-19(11-8-16)27-36(3,32)33)28-13-5-6-18-14-17(9-12-21(18)28)20-15-35-24(31)29(26-20)23(30)34-2/h7-12,14,27H,4-6,13,15H2,1-3H3. The summed E-state index contributed by atoms with van der Waals surface area (Å²) in [6, 6.07) is 13.2. The fourth-order valence-corrected chi connectivity index (χ4v) is 5.39. The summed E-state index contributed by atoms with van der Waals surface area (Å²) in [6.45, 7) is 3.35. The van der Waals surface area contributed by atoms with Gasteiger partial charge in [0.2, 0.25) is 10.0 Å². The molecule has 0 atom stereocenters. The number of sulfonamides is 1. The second-order valence-electron chi connectivity index (χ2n) is 8.23. The van der Waals surface area contributed by atoms with Crippen LogP contribution in [0.3, 0.4) is 0 Å². The number of benzene rings is 2. The molecule has 2 aromatic rings. The Bertz CT molecular complexity index is 1340. The zero-order chi connectivity index (χ0) is 25.9. The van der Waals surface area contributed by atoms with Crippen molar-refractivity contribution < 1.29 is 22.7 Å². The monoisotopic (exact) mass is 529 g/mol. The van der Waals surface area contributed by atoms with Crippen LogP contribution in [0.25, 0.3) is 0 Å². The lowest BCUT2D eigenvalue weighted by Crippen LogP contribution is -2.37. The van der Waals surface area contributed by atoms with Crippen LogP contribution in [0.15, 0.2) is 52.6 Å². The number of methoxy groups -OCH3 is 1. The number of hydrogen-bond acceptors (Lipinski definition) is 8. The van der Waals surface area contributed by atoms with Crippen LogP contribution in [0, 0.1) is 0 Å². The van der Waals surface area contributed by atoms with Gasteiger partial charge < -0.3 is 9.64 Å². The van der Waals surface area contributed by atoms with Crippen molar-refractivity contribution in [2.24, 2.45) is 10.1 Å². The van der Waals surface area contributed by atoms with Crippen LogP contribution in [0.5, 0.6) is 0 Å². The zero-order valence-electron chi connectivity index (χ0n) is 20.2. The molecule has 0 aromatic heterocycles. The minimum atomic E-state index is -3.36. The summed E-state index contributed by atoms with van der Waals surface area (Å²) in [4.78, 5) is 30.9. The number of aliphatic imine (C=N–C) groups is 1. The molecule has 0 aliphatic carbocycles. The van der Waals surface area contributed by atoms with Crippen LogP contribution in [0.1, 0.15) is 30.0 Å². The van der Waals surface area contributed by atoms with E-state index in [2.05, 4.69) is 25.5 Å². The third kappa shape index (κ3) is 5.71. The van der Waals surface area contributed by atoms with E-state index in [-0.39, 0.29) is 0 Å². The molecule has 36 heavy (non-hydrogen) atoms. The highest BCUT2D eigenvalue weighted by molar-refractivity contribution is 8.14. The van der Waals surface area contributed by atoms with Crippen LogP contribution >= 0.6 is 11.8 Å². The molecule has 4 rings (SSSR count). The Morgan fingerprint density at radius 3 is 2.64 bits per heavy atom. The number of nitrogens with zero attached hydrogens (tertiary/aromatic N) is 4. The zero-order valence-corrected chi connectivity index (χ0v) is 21.9. The summed E-state index contributed by atoms with van der Waals surface area (Å²) >= 11 is 1.01. The molecule has 12 heteroatoms. The van der Waals surface area contributed by atoms with Gasteiger partial charge >= 0.3 is 11.3 Å². The van der Waals surface area contributed by atoms with Crippen LogP contribution in [0.4, 0.5) is 21.0 Å². The maximum absolute atomic E-state index is 12.0. The number of carbonyl (C=O) groups is 2. The average Bonchev–Trinajstić information content (AvgIpc) is 2.86. The van der Waals surface area contributed by atoms with E-state index < -0.39 is 21.4 Å². The first-order chi connectivity index (χ1) is 17.2. The second-order valence-corrected chi connectivity index (χ2v) is 10.9. The maximum Gasteiger partial charge on any atom is 0.438 e. The predicted molar refractivity (Wildman–Crippen MR) is 143 cm³/mol. The number of fused-ring (bicyclic) bond motifs is 1. The Hall–Kier alpha value is -3.38. The SMILES string of the molecule is CCN=C(c1ccc(NS(C)(=O)=O)cc1)N1CCCc2cc(C3=NN(C(=O)OC)C(=O)SC3)ccc21. The lowest BCUT2D eigenvalue weighted by molar-refractivity contribution is 0.137. The third-order valence-corrected chi connectivity index (χ3v) is 7.06. The topological polar surface area (TPSA) is 121 Å². The molecule has 0 saturated heterocycles. The molecule has 2 amide bonds. The molecule has 2 aliphatic heterocycles. The number of rotatable bonds is 5. The smallest absolute Gasteiger partial charge is 0.438 e. The van der Waals surface area contributed by atoms with Gasteiger partial charge in [-0.15, -0.1) is 5.01 Å². The molecular weight excluding hydrogens is 502 g/mol. The molecule has 2 heterocycles. The minimum Gasteiger partial charge on any atom is -0.451 e. The summed E-state index contributed by atoms with van der Waals surface area (Å²) in [7, 11) is -2.15. The van der Waals surface area contributed by atoms with Gasteiger partial charge in [0.15, 0.2) is 0 Å². The number of amidine groups is 1. The summed E-state index contributed by atoms with van der Waals surface area (Å²) < 4.78 is 30.2. The third-order valence-electron chi connectivity index (χ3n) is 5.61. The Balaban J connectivity index is 1.65. The van der Waals surface area contributed by atoms with E-state index in [1.54, 1.807) is 12.1 Å². The van der Waals surface area contributed by atoms with Crippen molar-refractivity contribution in [1.82, 2.24) is 5.01 Å². The first-order valence-corrected chi connectivity index (χ1v) is 14.2. The molecule has 0 bridgehead atoms. The molecule has 0 unspecified atom stereocenters. The second kappa shape index (κ2) is 10.7. The lowest BCUT2D eigenvalue weighted by Gasteiger charge is -2.33. The molecule has 2 aliphatic rings. The van der Waals surface area contributed by atoms with Crippen LogP contribution < -0.4 is 9.62 Å². The van der Waals surface area contributed by atoms with Crippen molar-refractivity contribution in [3.63, 3.8) is 0 Å². The van der Waals surface area contributed by atoms with Gasteiger partial charge in [0.05, 0.1) is 19.1 Å². The Morgan fingerprint density at radius 2 is 1.97 bits per heavy atom. The van der Waals surface area contributed by atoms with Gasteiger partial charge in [-0.1, -0.05) is 17.8 Å². The number of hydrogen-bond donors (Lipinski definition) is 1. The number of ether oxygens (including phenoxy) is 1. The molecular formula is C24H27N5O5S2. The number of nitrogens with one attached hydrogen (secondary N) is 1. The van der Waals surface area contributed by atoms with E-state index in [4.69, 9.17) is 4.99 Å². The largest absolute Gasteiger partial charge is 0.451 e. The minimum absolute atomic E-state index is 0.366. The van der Waals surface area contributed by atoms with E-state index in [0.717, 1.165) is 70.6 Å².